The largest absolute Gasteiger partial charge is 0.351 e. The molecule has 7 nitrogen and oxygen atoms in total. The van der Waals surface area contributed by atoms with Crippen molar-refractivity contribution in [2.24, 2.45) is 5.73 Å². The van der Waals surface area contributed by atoms with E-state index in [1.54, 1.807) is 18.2 Å². The second kappa shape index (κ2) is 8.50. The minimum absolute atomic E-state index is 0.123. The molecule has 2 aromatic rings. The van der Waals surface area contributed by atoms with Crippen LogP contribution in [0.3, 0.4) is 0 Å². The molecule has 11 heteroatoms. The Morgan fingerprint density at radius 3 is 2.40 bits per heavy atom. The third-order valence-corrected chi connectivity index (χ3v) is 4.85. The van der Waals surface area contributed by atoms with E-state index in [2.05, 4.69) is 15.3 Å². The number of fused-ring (bicyclic) bond motifs is 1. The van der Waals surface area contributed by atoms with Crippen molar-refractivity contribution in [2.45, 2.75) is 37.1 Å². The number of unbranched alkanes of at least 4 members (excludes halogenated alkanes) is 1. The van der Waals surface area contributed by atoms with Crippen molar-refractivity contribution in [3.8, 4) is 0 Å². The number of nitrogens with zero attached hydrogens (tertiary/aromatic N) is 3. The van der Waals surface area contributed by atoms with Crippen LogP contribution in [0.15, 0.2) is 30.5 Å². The van der Waals surface area contributed by atoms with E-state index in [1.165, 1.54) is 6.20 Å². The smallest absolute Gasteiger partial charge is 0.329 e. The molecular formula is C19H21F4N5O2. The number of halogens is 4. The average Bonchev–Trinajstić information content (AvgIpc) is 2.93. The van der Waals surface area contributed by atoms with Crippen LogP contribution in [-0.2, 0) is 4.79 Å². The van der Waals surface area contributed by atoms with Crippen molar-refractivity contribution in [1.82, 2.24) is 20.2 Å². The molecule has 0 radical (unpaired) electrons. The Bertz CT molecular complexity index is 924. The second-order valence-corrected chi connectivity index (χ2v) is 7.21. The van der Waals surface area contributed by atoms with Gasteiger partial charge in [-0.3, -0.25) is 14.6 Å². The predicted molar refractivity (Wildman–Crippen MR) is 100 cm³/mol. The second-order valence-electron chi connectivity index (χ2n) is 7.21. The lowest BCUT2D eigenvalue weighted by Crippen LogP contribution is -2.43. The van der Waals surface area contributed by atoms with Crippen molar-refractivity contribution >= 4 is 22.8 Å². The summed E-state index contributed by atoms with van der Waals surface area (Å²) in [4.78, 5) is 33.0. The third kappa shape index (κ3) is 4.66. The van der Waals surface area contributed by atoms with E-state index < -0.39 is 42.8 Å². The van der Waals surface area contributed by atoms with Crippen molar-refractivity contribution in [3.63, 3.8) is 0 Å². The van der Waals surface area contributed by atoms with Gasteiger partial charge < -0.3 is 16.0 Å². The van der Waals surface area contributed by atoms with E-state index in [1.807, 2.05) is 6.07 Å². The Labute approximate surface area is 169 Å². The molecule has 1 aliphatic heterocycles. The molecule has 2 heterocycles. The van der Waals surface area contributed by atoms with Crippen LogP contribution in [0.2, 0.25) is 0 Å². The molecule has 0 bridgehead atoms. The molecule has 0 spiro atoms. The van der Waals surface area contributed by atoms with E-state index in [-0.39, 0.29) is 18.7 Å². The summed E-state index contributed by atoms with van der Waals surface area (Å²) in [7, 11) is 0. The molecule has 3 N–H and O–H groups in total. The van der Waals surface area contributed by atoms with Crippen molar-refractivity contribution in [2.75, 3.05) is 19.6 Å². The lowest BCUT2D eigenvalue weighted by atomic mass is 10.1. The minimum atomic E-state index is -4.25. The highest BCUT2D eigenvalue weighted by atomic mass is 19.3. The predicted octanol–water partition coefficient (Wildman–Crippen LogP) is 1.97. The maximum Gasteiger partial charge on any atom is 0.329 e. The molecule has 3 rings (SSSR count). The van der Waals surface area contributed by atoms with Crippen LogP contribution in [0.5, 0.6) is 0 Å². The maximum atomic E-state index is 13.2. The minimum Gasteiger partial charge on any atom is -0.351 e. The van der Waals surface area contributed by atoms with Crippen LogP contribution in [0.4, 0.5) is 17.6 Å². The van der Waals surface area contributed by atoms with Crippen LogP contribution in [-0.4, -0.2) is 64.2 Å². The van der Waals surface area contributed by atoms with Crippen LogP contribution >= 0.6 is 0 Å². The number of nitrogens with one attached hydrogen (secondary N) is 1. The summed E-state index contributed by atoms with van der Waals surface area (Å²) in [6.45, 7) is -2.40. The molecule has 1 aromatic heterocycles. The van der Waals surface area contributed by atoms with Crippen LogP contribution in [0.25, 0.3) is 11.0 Å². The number of nitrogens with two attached hydrogens (primary N) is 1. The number of benzene rings is 1. The third-order valence-electron chi connectivity index (χ3n) is 4.85. The molecule has 0 aliphatic carbocycles. The fourth-order valence-electron chi connectivity index (χ4n) is 3.13. The van der Waals surface area contributed by atoms with Gasteiger partial charge in [-0.2, -0.15) is 17.6 Å². The van der Waals surface area contributed by atoms with Gasteiger partial charge in [-0.15, -0.1) is 0 Å². The molecule has 30 heavy (non-hydrogen) atoms. The fourth-order valence-corrected chi connectivity index (χ4v) is 3.13. The highest BCUT2D eigenvalue weighted by Crippen LogP contribution is 2.41. The zero-order valence-electron chi connectivity index (χ0n) is 16.0. The number of carbonyl (C=O) groups excluding carboxylic acids is 2. The first kappa shape index (κ1) is 21.9. The lowest BCUT2D eigenvalue weighted by molar-refractivity contribution is -0.172. The summed E-state index contributed by atoms with van der Waals surface area (Å²) >= 11 is 0. The summed E-state index contributed by atoms with van der Waals surface area (Å²) in [6, 6.07) is 5.96. The number of rotatable bonds is 7. The van der Waals surface area contributed by atoms with Crippen LogP contribution in [0, 0.1) is 0 Å². The van der Waals surface area contributed by atoms with E-state index in [0.717, 1.165) is 0 Å². The summed E-state index contributed by atoms with van der Waals surface area (Å²) in [5.74, 6) is -9.84. The number of hydrogen-bond acceptors (Lipinski definition) is 5. The number of alkyl halides is 4. The number of likely N-dealkylation sites (tertiary alicyclic amines) is 1. The summed E-state index contributed by atoms with van der Waals surface area (Å²) < 4.78 is 52.9. The van der Waals surface area contributed by atoms with Gasteiger partial charge in [-0.05, 0) is 31.4 Å². The van der Waals surface area contributed by atoms with Gasteiger partial charge in [0, 0.05) is 6.54 Å². The van der Waals surface area contributed by atoms with Gasteiger partial charge in [-0.25, -0.2) is 4.98 Å². The van der Waals surface area contributed by atoms with Crippen molar-refractivity contribution in [3.05, 3.63) is 36.2 Å². The van der Waals surface area contributed by atoms with Gasteiger partial charge >= 0.3 is 11.8 Å². The first-order valence-electron chi connectivity index (χ1n) is 9.41. The summed E-state index contributed by atoms with van der Waals surface area (Å²) in [6.07, 6.45) is 2.35. The Balaban J connectivity index is 1.40. The molecule has 2 amide bonds. The highest BCUT2D eigenvalue weighted by molar-refractivity contribution is 5.93. The van der Waals surface area contributed by atoms with Crippen LogP contribution < -0.4 is 11.1 Å². The molecule has 1 atom stereocenters. The van der Waals surface area contributed by atoms with Gasteiger partial charge in [0.25, 0.3) is 5.91 Å². The molecule has 1 fully saturated rings. The van der Waals surface area contributed by atoms with E-state index in [0.29, 0.717) is 28.8 Å². The van der Waals surface area contributed by atoms with Gasteiger partial charge in [0.1, 0.15) is 5.69 Å². The average molecular weight is 427 g/mol. The highest BCUT2D eigenvalue weighted by Gasteiger charge is 2.64. The Morgan fingerprint density at radius 2 is 1.73 bits per heavy atom. The van der Waals surface area contributed by atoms with E-state index in [4.69, 9.17) is 5.73 Å². The molecule has 162 valence electrons. The Morgan fingerprint density at radius 1 is 1.10 bits per heavy atom. The maximum absolute atomic E-state index is 13.2. The molecule has 1 aromatic carbocycles. The molecule has 0 saturated carbocycles. The fraction of sp³-hybridized carbons (Fsp3) is 0.474. The standard InChI is InChI=1S/C19H21F4N5O2/c20-18(21)10-28(11-19(18,22)23)17(30)12(24)5-3-4-8-25-16(29)15-9-26-13-6-1-2-7-14(13)27-15/h1-2,6-7,9,12H,3-5,8,10-11,24H2,(H,25,29). The number of aromatic nitrogens is 2. The SMILES string of the molecule is NC(CCCCNC(=O)c1cnc2ccccc2n1)C(=O)N1CC(F)(F)C(F)(F)C1. The number of carbonyl (C=O) groups is 2. The van der Waals surface area contributed by atoms with Gasteiger partial charge in [0.2, 0.25) is 5.91 Å². The first-order chi connectivity index (χ1) is 14.1. The van der Waals surface area contributed by atoms with E-state index in [9.17, 15) is 27.2 Å². The van der Waals surface area contributed by atoms with Crippen LogP contribution in [0.1, 0.15) is 29.8 Å². The quantitative estimate of drug-likeness (QED) is 0.520. The molecule has 1 unspecified atom stereocenters. The summed E-state index contributed by atoms with van der Waals surface area (Å²) in [5.41, 5.74) is 7.10. The first-order valence-corrected chi connectivity index (χ1v) is 9.41. The number of hydrogen-bond donors (Lipinski definition) is 2. The topological polar surface area (TPSA) is 101 Å². The zero-order chi connectivity index (χ0) is 21.9. The molecule has 1 aliphatic rings. The molecular weight excluding hydrogens is 406 g/mol. The summed E-state index contributed by atoms with van der Waals surface area (Å²) in [5, 5.41) is 2.67. The van der Waals surface area contributed by atoms with E-state index >= 15 is 0 Å². The molecule has 1 saturated heterocycles. The monoisotopic (exact) mass is 427 g/mol. The van der Waals surface area contributed by atoms with Crippen molar-refractivity contribution < 1.29 is 27.2 Å². The number of amides is 2. The van der Waals surface area contributed by atoms with Crippen molar-refractivity contribution in [1.29, 1.82) is 0 Å². The lowest BCUT2D eigenvalue weighted by Gasteiger charge is -2.19. The normalized spacial score (nSPS) is 18.4. The Kier molecular flexibility index (Phi) is 6.20. The Hall–Kier alpha value is -2.82. The van der Waals surface area contributed by atoms with Gasteiger partial charge in [0.05, 0.1) is 36.4 Å². The van der Waals surface area contributed by atoms with Gasteiger partial charge in [-0.1, -0.05) is 12.1 Å². The van der Waals surface area contributed by atoms with Gasteiger partial charge in [0.15, 0.2) is 0 Å². The zero-order valence-corrected chi connectivity index (χ0v) is 16.0. The number of para-hydroxylation sites is 2.